The number of anilines is 1. The summed E-state index contributed by atoms with van der Waals surface area (Å²) in [6.45, 7) is 4.50. The summed E-state index contributed by atoms with van der Waals surface area (Å²) < 4.78 is 5.24. The van der Waals surface area contributed by atoms with E-state index in [-0.39, 0.29) is 6.09 Å². The van der Waals surface area contributed by atoms with Crippen molar-refractivity contribution in [2.45, 2.75) is 19.8 Å². The van der Waals surface area contributed by atoms with Crippen LogP contribution in [0.1, 0.15) is 18.4 Å². The summed E-state index contributed by atoms with van der Waals surface area (Å²) in [7, 11) is 0. The van der Waals surface area contributed by atoms with Crippen molar-refractivity contribution in [1.82, 2.24) is 5.32 Å². The van der Waals surface area contributed by atoms with E-state index in [1.54, 1.807) is 0 Å². The average molecular weight is 248 g/mol. The molecule has 98 valence electrons. The fraction of sp³-hybridized carbons (Fsp3) is 0.500. The second-order valence-corrected chi connectivity index (χ2v) is 4.81. The van der Waals surface area contributed by atoms with Crippen LogP contribution in [0.25, 0.3) is 0 Å². The van der Waals surface area contributed by atoms with Crippen LogP contribution in [0.15, 0.2) is 24.3 Å². The minimum absolute atomic E-state index is 0.369. The highest BCUT2D eigenvalue weighted by atomic mass is 16.5. The normalized spacial score (nSPS) is 19.3. The number of rotatable bonds is 3. The largest absolute Gasteiger partial charge is 0.449 e. The van der Waals surface area contributed by atoms with E-state index in [0.717, 1.165) is 37.2 Å². The molecular formula is C14H20N2O2. The Balaban J connectivity index is 1.74. The lowest BCUT2D eigenvalue weighted by molar-refractivity contribution is 0.132. The van der Waals surface area contributed by atoms with Gasteiger partial charge in [-0.2, -0.15) is 0 Å². The molecule has 18 heavy (non-hydrogen) atoms. The quantitative estimate of drug-likeness (QED) is 0.864. The smallest absolute Gasteiger partial charge is 0.411 e. The van der Waals surface area contributed by atoms with Crippen molar-refractivity contribution in [2.75, 3.05) is 25.0 Å². The molecule has 1 fully saturated rings. The number of nitrogens with one attached hydrogen (secondary N) is 2. The van der Waals surface area contributed by atoms with Gasteiger partial charge in [-0.3, -0.25) is 5.32 Å². The number of carbonyl (C=O) groups is 1. The maximum atomic E-state index is 11.6. The topological polar surface area (TPSA) is 50.4 Å². The summed E-state index contributed by atoms with van der Waals surface area (Å²) in [6, 6.07) is 7.68. The Kier molecular flexibility index (Phi) is 4.59. The molecule has 0 spiro atoms. The first-order valence-electron chi connectivity index (χ1n) is 6.45. The van der Waals surface area contributed by atoms with Crippen molar-refractivity contribution in [1.29, 1.82) is 0 Å². The molecule has 4 nitrogen and oxygen atoms in total. The summed E-state index contributed by atoms with van der Waals surface area (Å²) in [4.78, 5) is 11.6. The number of benzene rings is 1. The lowest BCUT2D eigenvalue weighted by Gasteiger charge is -2.22. The van der Waals surface area contributed by atoms with Gasteiger partial charge in [0.25, 0.3) is 0 Å². The molecule has 1 amide bonds. The summed E-state index contributed by atoms with van der Waals surface area (Å²) in [5.41, 5.74) is 1.89. The van der Waals surface area contributed by atoms with Crippen molar-refractivity contribution < 1.29 is 9.53 Å². The Morgan fingerprint density at radius 2 is 2.44 bits per heavy atom. The zero-order valence-electron chi connectivity index (χ0n) is 10.7. The maximum absolute atomic E-state index is 11.6. The van der Waals surface area contributed by atoms with E-state index in [1.165, 1.54) is 0 Å². The Bertz CT molecular complexity index is 401. The van der Waals surface area contributed by atoms with Crippen molar-refractivity contribution in [2.24, 2.45) is 5.92 Å². The van der Waals surface area contributed by atoms with Crippen molar-refractivity contribution in [3.8, 4) is 0 Å². The monoisotopic (exact) mass is 248 g/mol. The summed E-state index contributed by atoms with van der Waals surface area (Å²) >= 11 is 0. The number of piperidine rings is 1. The summed E-state index contributed by atoms with van der Waals surface area (Å²) in [5, 5.41) is 6.04. The molecule has 0 bridgehead atoms. The maximum Gasteiger partial charge on any atom is 0.411 e. The Morgan fingerprint density at radius 1 is 1.56 bits per heavy atom. The fourth-order valence-corrected chi connectivity index (χ4v) is 2.14. The highest BCUT2D eigenvalue weighted by molar-refractivity contribution is 5.84. The molecule has 1 aromatic carbocycles. The SMILES string of the molecule is Cc1cccc(NC(=O)OCC2CCCNC2)c1. The molecule has 1 aromatic rings. The molecule has 1 aliphatic rings. The molecule has 0 saturated carbocycles. The van der Waals surface area contributed by atoms with Gasteiger partial charge in [-0.1, -0.05) is 12.1 Å². The fourth-order valence-electron chi connectivity index (χ4n) is 2.14. The van der Waals surface area contributed by atoms with Crippen LogP contribution in [-0.2, 0) is 4.74 Å². The van der Waals surface area contributed by atoms with Gasteiger partial charge in [-0.15, -0.1) is 0 Å². The van der Waals surface area contributed by atoms with E-state index in [1.807, 2.05) is 31.2 Å². The Labute approximate surface area is 108 Å². The highest BCUT2D eigenvalue weighted by Crippen LogP contribution is 2.12. The highest BCUT2D eigenvalue weighted by Gasteiger charge is 2.15. The minimum atomic E-state index is -0.369. The molecule has 2 N–H and O–H groups in total. The van der Waals surface area contributed by atoms with Crippen LogP contribution >= 0.6 is 0 Å². The molecule has 0 aromatic heterocycles. The van der Waals surface area contributed by atoms with Crippen molar-refractivity contribution in [3.63, 3.8) is 0 Å². The van der Waals surface area contributed by atoms with E-state index in [4.69, 9.17) is 4.74 Å². The van der Waals surface area contributed by atoms with Gasteiger partial charge in [-0.05, 0) is 44.0 Å². The van der Waals surface area contributed by atoms with Crippen molar-refractivity contribution >= 4 is 11.8 Å². The predicted molar refractivity (Wildman–Crippen MR) is 71.7 cm³/mol. The first kappa shape index (κ1) is 12.9. The van der Waals surface area contributed by atoms with E-state index >= 15 is 0 Å². The minimum Gasteiger partial charge on any atom is -0.449 e. The van der Waals surface area contributed by atoms with E-state index in [0.29, 0.717) is 12.5 Å². The standard InChI is InChI=1S/C14H20N2O2/c1-11-4-2-6-13(8-11)16-14(17)18-10-12-5-3-7-15-9-12/h2,4,6,8,12,15H,3,5,7,9-10H2,1H3,(H,16,17). The van der Waals surface area contributed by atoms with Gasteiger partial charge in [0.15, 0.2) is 0 Å². The first-order chi connectivity index (χ1) is 8.74. The second kappa shape index (κ2) is 6.40. The van der Waals surface area contributed by atoms with Gasteiger partial charge < -0.3 is 10.1 Å². The molecule has 1 unspecified atom stereocenters. The number of amides is 1. The average Bonchev–Trinajstić information content (AvgIpc) is 2.38. The van der Waals surface area contributed by atoms with Gasteiger partial charge in [0.1, 0.15) is 0 Å². The van der Waals surface area contributed by atoms with Crippen LogP contribution < -0.4 is 10.6 Å². The number of aryl methyl sites for hydroxylation is 1. The third-order valence-electron chi connectivity index (χ3n) is 3.11. The lowest BCUT2D eigenvalue weighted by Crippen LogP contribution is -2.33. The molecule has 2 rings (SSSR count). The first-order valence-corrected chi connectivity index (χ1v) is 6.45. The van der Waals surface area contributed by atoms with Gasteiger partial charge >= 0.3 is 6.09 Å². The third kappa shape index (κ3) is 4.04. The second-order valence-electron chi connectivity index (χ2n) is 4.81. The van der Waals surface area contributed by atoms with E-state index in [9.17, 15) is 4.79 Å². The van der Waals surface area contributed by atoms with Crippen LogP contribution in [0, 0.1) is 12.8 Å². The molecule has 1 atom stereocenters. The van der Waals surface area contributed by atoms with Crippen molar-refractivity contribution in [3.05, 3.63) is 29.8 Å². The molecular weight excluding hydrogens is 228 g/mol. The number of hydrogen-bond donors (Lipinski definition) is 2. The van der Waals surface area contributed by atoms with E-state index in [2.05, 4.69) is 10.6 Å². The molecule has 0 aliphatic carbocycles. The van der Waals surface area contributed by atoms with Gasteiger partial charge in [-0.25, -0.2) is 4.79 Å². The zero-order chi connectivity index (χ0) is 12.8. The van der Waals surface area contributed by atoms with Crippen LogP contribution in [0.2, 0.25) is 0 Å². The van der Waals surface area contributed by atoms with Gasteiger partial charge in [0.05, 0.1) is 6.61 Å². The van der Waals surface area contributed by atoms with Crippen LogP contribution in [-0.4, -0.2) is 25.8 Å². The lowest BCUT2D eigenvalue weighted by atomic mass is 10.0. The number of ether oxygens (including phenoxy) is 1. The molecule has 0 radical (unpaired) electrons. The molecule has 1 saturated heterocycles. The summed E-state index contributed by atoms with van der Waals surface area (Å²) in [5.74, 6) is 0.446. The van der Waals surface area contributed by atoms with Crippen LogP contribution in [0.4, 0.5) is 10.5 Å². The molecule has 4 heteroatoms. The van der Waals surface area contributed by atoms with Gasteiger partial charge in [0.2, 0.25) is 0 Å². The predicted octanol–water partition coefficient (Wildman–Crippen LogP) is 2.54. The zero-order valence-corrected chi connectivity index (χ0v) is 10.7. The third-order valence-corrected chi connectivity index (χ3v) is 3.11. The van der Waals surface area contributed by atoms with E-state index < -0.39 is 0 Å². The van der Waals surface area contributed by atoms with Crippen LogP contribution in [0.3, 0.4) is 0 Å². The molecule has 1 heterocycles. The number of hydrogen-bond acceptors (Lipinski definition) is 3. The molecule has 1 aliphatic heterocycles. The Hall–Kier alpha value is -1.55. The Morgan fingerprint density at radius 3 is 3.17 bits per heavy atom. The van der Waals surface area contributed by atoms with Gasteiger partial charge in [0, 0.05) is 18.2 Å². The van der Waals surface area contributed by atoms with Crippen LogP contribution in [0.5, 0.6) is 0 Å². The summed E-state index contributed by atoms with van der Waals surface area (Å²) in [6.07, 6.45) is 1.92. The number of carbonyl (C=O) groups excluding carboxylic acids is 1.